The van der Waals surface area contributed by atoms with Gasteiger partial charge in [0.05, 0.1) is 13.3 Å². The first-order valence-electron chi connectivity index (χ1n) is 11.6. The molecule has 0 aliphatic heterocycles. The van der Waals surface area contributed by atoms with Gasteiger partial charge in [0.25, 0.3) is 12.3 Å². The van der Waals surface area contributed by atoms with Gasteiger partial charge in [0, 0.05) is 36.4 Å². The summed E-state index contributed by atoms with van der Waals surface area (Å²) in [6.07, 6.45) is 2.20. The Balaban J connectivity index is 1.58. The quantitative estimate of drug-likeness (QED) is 0.353. The topological polar surface area (TPSA) is 99.0 Å². The number of methoxy groups -OCH3 is 1. The van der Waals surface area contributed by atoms with E-state index >= 15 is 0 Å². The van der Waals surface area contributed by atoms with E-state index in [0.717, 1.165) is 24.2 Å². The smallest absolute Gasteiger partial charge is 0.280 e. The highest BCUT2D eigenvalue weighted by Crippen LogP contribution is 2.37. The Kier molecular flexibility index (Phi) is 6.98. The van der Waals surface area contributed by atoms with Crippen LogP contribution in [-0.4, -0.2) is 32.8 Å². The van der Waals surface area contributed by atoms with Crippen LogP contribution in [0.5, 0.6) is 5.75 Å². The lowest BCUT2D eigenvalue weighted by molar-refractivity contribution is 0.102. The number of aryl methyl sites for hydroxylation is 1. The van der Waals surface area contributed by atoms with Crippen LogP contribution >= 0.6 is 11.3 Å². The molecule has 0 atom stereocenters. The van der Waals surface area contributed by atoms with Crippen molar-refractivity contribution in [3.63, 3.8) is 0 Å². The number of pyridine rings is 2. The van der Waals surface area contributed by atoms with Crippen molar-refractivity contribution in [3.8, 4) is 39.8 Å². The molecule has 3 aromatic heterocycles. The summed E-state index contributed by atoms with van der Waals surface area (Å²) in [7, 11) is 3.02. The first kappa shape index (κ1) is 25.2. The van der Waals surface area contributed by atoms with Gasteiger partial charge in [0.15, 0.2) is 5.01 Å². The summed E-state index contributed by atoms with van der Waals surface area (Å²) in [4.78, 5) is 29.0. The molecule has 1 aliphatic rings. The zero-order valence-corrected chi connectivity index (χ0v) is 21.2. The Morgan fingerprint density at radius 2 is 1.95 bits per heavy atom. The van der Waals surface area contributed by atoms with Crippen molar-refractivity contribution < 1.29 is 18.3 Å². The molecule has 0 saturated heterocycles. The van der Waals surface area contributed by atoms with Gasteiger partial charge in [-0.1, -0.05) is 23.3 Å². The fourth-order valence-electron chi connectivity index (χ4n) is 3.74. The van der Waals surface area contributed by atoms with E-state index in [1.54, 1.807) is 37.5 Å². The molecular formula is C27H21F2N5O3S. The van der Waals surface area contributed by atoms with Gasteiger partial charge in [0.1, 0.15) is 11.4 Å². The maximum atomic E-state index is 13.6. The van der Waals surface area contributed by atoms with Crippen LogP contribution in [0.15, 0.2) is 53.6 Å². The van der Waals surface area contributed by atoms with E-state index in [2.05, 4.69) is 32.3 Å². The van der Waals surface area contributed by atoms with Crippen molar-refractivity contribution in [1.29, 1.82) is 0 Å². The number of hydrogen-bond acceptors (Lipinski definition) is 7. The fourth-order valence-corrected chi connectivity index (χ4v) is 4.34. The molecule has 5 rings (SSSR count). The molecular weight excluding hydrogens is 512 g/mol. The van der Waals surface area contributed by atoms with Crippen LogP contribution in [0.3, 0.4) is 0 Å². The molecule has 1 N–H and O–H groups in total. The zero-order valence-electron chi connectivity index (χ0n) is 20.4. The molecule has 192 valence electrons. The number of rotatable bonds is 6. The lowest BCUT2D eigenvalue weighted by atomic mass is 9.94. The van der Waals surface area contributed by atoms with E-state index in [-0.39, 0.29) is 27.6 Å². The van der Waals surface area contributed by atoms with Gasteiger partial charge in [-0.25, -0.2) is 8.78 Å². The van der Waals surface area contributed by atoms with Crippen LogP contribution in [-0.2, 0) is 7.05 Å². The molecule has 1 fully saturated rings. The van der Waals surface area contributed by atoms with Crippen LogP contribution in [0.4, 0.5) is 13.9 Å². The number of halogens is 2. The summed E-state index contributed by atoms with van der Waals surface area (Å²) in [6.45, 7) is 0. The third kappa shape index (κ3) is 5.45. The number of benzene rings is 1. The molecule has 0 bridgehead atoms. The minimum atomic E-state index is -2.82. The number of amides is 1. The van der Waals surface area contributed by atoms with Crippen LogP contribution in [0.1, 0.15) is 40.3 Å². The van der Waals surface area contributed by atoms with Crippen LogP contribution in [0, 0.1) is 17.8 Å². The molecule has 4 aromatic rings. The fraction of sp³-hybridized carbons (Fsp3) is 0.222. The molecule has 0 unspecified atom stereocenters. The Bertz CT molecular complexity index is 1650. The van der Waals surface area contributed by atoms with Crippen LogP contribution in [0.25, 0.3) is 22.3 Å². The zero-order chi connectivity index (χ0) is 26.8. The second kappa shape index (κ2) is 10.5. The van der Waals surface area contributed by atoms with Gasteiger partial charge in [-0.05, 0) is 59.7 Å². The lowest BCUT2D eigenvalue weighted by Crippen LogP contribution is -2.14. The molecule has 1 amide bonds. The van der Waals surface area contributed by atoms with Crippen molar-refractivity contribution >= 4 is 22.4 Å². The molecule has 1 aliphatic carbocycles. The molecule has 3 heterocycles. The number of carbonyl (C=O) groups excluding carboxylic acids is 1. The first-order chi connectivity index (χ1) is 18.3. The minimum absolute atomic E-state index is 0.180. The molecule has 11 heteroatoms. The van der Waals surface area contributed by atoms with E-state index in [4.69, 9.17) is 4.74 Å². The van der Waals surface area contributed by atoms with E-state index in [9.17, 15) is 18.4 Å². The Hall–Kier alpha value is -4.43. The predicted molar refractivity (Wildman–Crippen MR) is 139 cm³/mol. The average Bonchev–Trinajstić information content (AvgIpc) is 3.65. The SMILES string of the molecule is COc1cnc(C(F)F)cc1-c1cc(-c2ccc(=O)n(C)c2)ccc1C(=O)Nc1nnc(C#CC2CC2)s1. The standard InChI is InChI=1S/C27H21F2N5O3S/c1-34-14-17(7-10-24(34)35)16-6-8-18(19(11-16)20-12-21(25(28)29)30-13-22(20)37-2)26(36)31-27-33-32-23(38-27)9-5-15-3-4-15/h6-8,10-15,25H,3-4H2,1-2H3,(H,31,33,36). The van der Waals surface area contributed by atoms with Gasteiger partial charge in [-0.2, -0.15) is 0 Å². The molecule has 8 nitrogen and oxygen atoms in total. The number of carbonyl (C=O) groups is 1. The van der Waals surface area contributed by atoms with E-state index < -0.39 is 18.0 Å². The minimum Gasteiger partial charge on any atom is -0.494 e. The van der Waals surface area contributed by atoms with Crippen LogP contribution < -0.4 is 15.6 Å². The summed E-state index contributed by atoms with van der Waals surface area (Å²) in [6, 6.07) is 9.28. The molecule has 1 aromatic carbocycles. The maximum absolute atomic E-state index is 13.6. The number of anilines is 1. The van der Waals surface area contributed by atoms with Crippen molar-refractivity contribution in [2.75, 3.05) is 12.4 Å². The van der Waals surface area contributed by atoms with Gasteiger partial charge in [-0.15, -0.1) is 10.2 Å². The summed E-state index contributed by atoms with van der Waals surface area (Å²) in [5.74, 6) is 6.18. The number of ether oxygens (including phenoxy) is 1. The number of hydrogen-bond donors (Lipinski definition) is 1. The average molecular weight is 534 g/mol. The molecule has 0 spiro atoms. The summed E-state index contributed by atoms with van der Waals surface area (Å²) in [5, 5.41) is 11.5. The van der Waals surface area contributed by atoms with E-state index in [0.29, 0.717) is 27.6 Å². The monoisotopic (exact) mass is 533 g/mol. The van der Waals surface area contributed by atoms with Gasteiger partial charge >= 0.3 is 0 Å². The number of nitrogens with zero attached hydrogens (tertiary/aromatic N) is 4. The molecule has 38 heavy (non-hydrogen) atoms. The number of nitrogens with one attached hydrogen (secondary N) is 1. The van der Waals surface area contributed by atoms with Crippen molar-refractivity contribution in [3.05, 3.63) is 75.4 Å². The normalized spacial score (nSPS) is 12.7. The van der Waals surface area contributed by atoms with E-state index in [1.165, 1.54) is 30.0 Å². The van der Waals surface area contributed by atoms with Crippen molar-refractivity contribution in [2.45, 2.75) is 19.3 Å². The van der Waals surface area contributed by atoms with E-state index in [1.807, 2.05) is 0 Å². The lowest BCUT2D eigenvalue weighted by Gasteiger charge is -2.15. The second-order valence-corrected chi connectivity index (χ2v) is 9.63. The molecule has 0 radical (unpaired) electrons. The highest BCUT2D eigenvalue weighted by atomic mass is 32.1. The summed E-state index contributed by atoms with van der Waals surface area (Å²) >= 11 is 1.15. The Morgan fingerprint density at radius 3 is 2.66 bits per heavy atom. The highest BCUT2D eigenvalue weighted by Gasteiger charge is 2.22. The maximum Gasteiger partial charge on any atom is 0.280 e. The largest absolute Gasteiger partial charge is 0.494 e. The summed E-state index contributed by atoms with van der Waals surface area (Å²) < 4.78 is 33.9. The Labute approximate surface area is 220 Å². The number of alkyl halides is 2. The predicted octanol–water partition coefficient (Wildman–Crippen LogP) is 4.93. The van der Waals surface area contributed by atoms with Gasteiger partial charge in [0.2, 0.25) is 10.7 Å². The van der Waals surface area contributed by atoms with Gasteiger partial charge < -0.3 is 9.30 Å². The van der Waals surface area contributed by atoms with Crippen molar-refractivity contribution in [1.82, 2.24) is 19.7 Å². The first-order valence-corrected chi connectivity index (χ1v) is 12.4. The second-order valence-electron chi connectivity index (χ2n) is 8.65. The van der Waals surface area contributed by atoms with Gasteiger partial charge in [-0.3, -0.25) is 19.9 Å². The molecule has 1 saturated carbocycles. The summed E-state index contributed by atoms with van der Waals surface area (Å²) in [5.41, 5.74) is 1.53. The third-order valence-corrected chi connectivity index (χ3v) is 6.67. The van der Waals surface area contributed by atoms with Crippen LogP contribution in [0.2, 0.25) is 0 Å². The number of aromatic nitrogens is 4. The van der Waals surface area contributed by atoms with Crippen molar-refractivity contribution in [2.24, 2.45) is 13.0 Å². The third-order valence-electron chi connectivity index (χ3n) is 5.91. The Morgan fingerprint density at radius 1 is 1.16 bits per heavy atom. The highest BCUT2D eigenvalue weighted by molar-refractivity contribution is 7.15.